The molecule has 0 aliphatic rings. The number of aromatic nitrogens is 1. The third kappa shape index (κ3) is 5.96. The number of aliphatic hydroxyl groups excluding tert-OH is 1. The van der Waals surface area contributed by atoms with Crippen molar-refractivity contribution in [2.24, 2.45) is 0 Å². The van der Waals surface area contributed by atoms with Crippen LogP contribution in [0.25, 0.3) is 0 Å². The summed E-state index contributed by atoms with van der Waals surface area (Å²) in [5.41, 5.74) is -0.519. The minimum atomic E-state index is -4.46. The molecule has 0 saturated heterocycles. The maximum atomic E-state index is 12.6. The molecule has 1 heterocycles. The lowest BCUT2D eigenvalue weighted by Gasteiger charge is -2.12. The molecule has 27 heavy (non-hydrogen) atoms. The molecule has 0 fully saturated rings. The van der Waals surface area contributed by atoms with Gasteiger partial charge < -0.3 is 21.1 Å². The van der Waals surface area contributed by atoms with Crippen molar-refractivity contribution in [1.29, 1.82) is 0 Å². The van der Waals surface area contributed by atoms with Gasteiger partial charge in [-0.1, -0.05) is 0 Å². The SMILES string of the molecule is O=C(CNc1ncccc1C(=O)Nc1ccc(C(F)(F)F)cc1)NCCO. The molecule has 0 atom stereocenters. The Morgan fingerprint density at radius 2 is 1.81 bits per heavy atom. The molecule has 144 valence electrons. The Labute approximate surface area is 152 Å². The maximum absolute atomic E-state index is 12.6. The molecular weight excluding hydrogens is 365 g/mol. The summed E-state index contributed by atoms with van der Waals surface area (Å²) in [6, 6.07) is 6.99. The van der Waals surface area contributed by atoms with Crippen LogP contribution in [0, 0.1) is 0 Å². The highest BCUT2D eigenvalue weighted by Gasteiger charge is 2.30. The number of anilines is 2. The lowest BCUT2D eigenvalue weighted by Crippen LogP contribution is -2.32. The zero-order valence-electron chi connectivity index (χ0n) is 14.0. The molecule has 0 bridgehead atoms. The third-order valence-corrected chi connectivity index (χ3v) is 3.37. The van der Waals surface area contributed by atoms with Crippen LogP contribution < -0.4 is 16.0 Å². The average Bonchev–Trinajstić information content (AvgIpc) is 2.64. The van der Waals surface area contributed by atoms with Crippen LogP contribution in [0.2, 0.25) is 0 Å². The van der Waals surface area contributed by atoms with Crippen LogP contribution in [0.5, 0.6) is 0 Å². The lowest BCUT2D eigenvalue weighted by molar-refractivity contribution is -0.137. The monoisotopic (exact) mass is 382 g/mol. The standard InChI is InChI=1S/C17H17F3N4O3/c18-17(19,20)11-3-5-12(6-4-11)24-16(27)13-2-1-7-22-15(13)23-10-14(26)21-8-9-25/h1-7,25H,8-10H2,(H,21,26)(H,22,23)(H,24,27). The predicted octanol–water partition coefficient (Wildman–Crippen LogP) is 1.87. The lowest BCUT2D eigenvalue weighted by atomic mass is 10.2. The molecule has 0 radical (unpaired) electrons. The van der Waals surface area contributed by atoms with Gasteiger partial charge in [0, 0.05) is 18.4 Å². The number of aliphatic hydroxyl groups is 1. The summed E-state index contributed by atoms with van der Waals surface area (Å²) >= 11 is 0. The van der Waals surface area contributed by atoms with E-state index < -0.39 is 23.6 Å². The largest absolute Gasteiger partial charge is 0.416 e. The third-order valence-electron chi connectivity index (χ3n) is 3.37. The second-order valence-electron chi connectivity index (χ2n) is 5.36. The van der Waals surface area contributed by atoms with E-state index in [1.54, 1.807) is 0 Å². The summed E-state index contributed by atoms with van der Waals surface area (Å²) in [7, 11) is 0. The normalized spacial score (nSPS) is 11.0. The smallest absolute Gasteiger partial charge is 0.395 e. The van der Waals surface area contributed by atoms with E-state index in [0.29, 0.717) is 0 Å². The van der Waals surface area contributed by atoms with E-state index in [2.05, 4.69) is 20.9 Å². The highest BCUT2D eigenvalue weighted by atomic mass is 19.4. The number of hydrogen-bond acceptors (Lipinski definition) is 5. The van der Waals surface area contributed by atoms with Crippen molar-refractivity contribution >= 4 is 23.3 Å². The fourth-order valence-corrected chi connectivity index (χ4v) is 2.09. The van der Waals surface area contributed by atoms with E-state index in [-0.39, 0.29) is 36.8 Å². The number of nitrogens with zero attached hydrogens (tertiary/aromatic N) is 1. The number of rotatable bonds is 7. The number of hydrogen-bond donors (Lipinski definition) is 4. The Morgan fingerprint density at radius 3 is 2.44 bits per heavy atom. The van der Waals surface area contributed by atoms with Crippen molar-refractivity contribution in [1.82, 2.24) is 10.3 Å². The summed E-state index contributed by atoms with van der Waals surface area (Å²) in [5, 5.41) is 16.3. The van der Waals surface area contributed by atoms with Gasteiger partial charge in [-0.25, -0.2) is 4.98 Å². The molecule has 2 rings (SSSR count). The predicted molar refractivity (Wildman–Crippen MR) is 92.2 cm³/mol. The maximum Gasteiger partial charge on any atom is 0.416 e. The van der Waals surface area contributed by atoms with E-state index in [9.17, 15) is 22.8 Å². The number of carbonyl (C=O) groups is 2. The summed E-state index contributed by atoms with van der Waals surface area (Å²) in [6.07, 6.45) is -3.04. The number of alkyl halides is 3. The first-order valence-electron chi connectivity index (χ1n) is 7.86. The number of benzene rings is 1. The van der Waals surface area contributed by atoms with Crippen LogP contribution in [0.15, 0.2) is 42.6 Å². The highest BCUT2D eigenvalue weighted by Crippen LogP contribution is 2.30. The molecule has 4 N–H and O–H groups in total. The number of amides is 2. The molecular formula is C17H17F3N4O3. The fraction of sp³-hybridized carbons (Fsp3) is 0.235. The van der Waals surface area contributed by atoms with Crippen LogP contribution in [0.1, 0.15) is 15.9 Å². The van der Waals surface area contributed by atoms with E-state index in [1.165, 1.54) is 18.3 Å². The molecule has 0 saturated carbocycles. The van der Waals surface area contributed by atoms with Crippen LogP contribution in [-0.2, 0) is 11.0 Å². The van der Waals surface area contributed by atoms with Crippen molar-refractivity contribution < 1.29 is 27.9 Å². The molecule has 7 nitrogen and oxygen atoms in total. The van der Waals surface area contributed by atoms with Gasteiger partial charge in [-0.05, 0) is 36.4 Å². The number of carbonyl (C=O) groups excluding carboxylic acids is 2. The van der Waals surface area contributed by atoms with Crippen LogP contribution in [-0.4, -0.2) is 41.6 Å². The van der Waals surface area contributed by atoms with Crippen molar-refractivity contribution in [3.05, 3.63) is 53.7 Å². The Bertz CT molecular complexity index is 795. The van der Waals surface area contributed by atoms with Gasteiger partial charge in [-0.3, -0.25) is 9.59 Å². The van der Waals surface area contributed by atoms with Crippen molar-refractivity contribution in [3.63, 3.8) is 0 Å². The molecule has 0 unspecified atom stereocenters. The van der Waals surface area contributed by atoms with Crippen molar-refractivity contribution in [2.75, 3.05) is 30.3 Å². The zero-order chi connectivity index (χ0) is 19.9. The molecule has 1 aromatic carbocycles. The zero-order valence-corrected chi connectivity index (χ0v) is 14.0. The van der Waals surface area contributed by atoms with Gasteiger partial charge in [0.15, 0.2) is 0 Å². The minimum absolute atomic E-state index is 0.101. The van der Waals surface area contributed by atoms with E-state index in [4.69, 9.17) is 5.11 Å². The number of nitrogens with one attached hydrogen (secondary N) is 3. The van der Waals surface area contributed by atoms with Crippen LogP contribution in [0.3, 0.4) is 0 Å². The molecule has 2 amide bonds. The van der Waals surface area contributed by atoms with Gasteiger partial charge >= 0.3 is 6.18 Å². The van der Waals surface area contributed by atoms with Gasteiger partial charge in [0.1, 0.15) is 5.82 Å². The molecule has 2 aromatic rings. The van der Waals surface area contributed by atoms with Crippen LogP contribution in [0.4, 0.5) is 24.7 Å². The first-order chi connectivity index (χ1) is 12.8. The molecule has 0 aliphatic carbocycles. The quantitative estimate of drug-likeness (QED) is 0.586. The summed E-state index contributed by atoms with van der Waals surface area (Å²) in [5.74, 6) is -0.856. The van der Waals surface area contributed by atoms with Gasteiger partial charge in [-0.2, -0.15) is 13.2 Å². The first kappa shape index (κ1) is 20.2. The Hall–Kier alpha value is -3.14. The van der Waals surface area contributed by atoms with Gasteiger partial charge in [0.2, 0.25) is 5.91 Å². The minimum Gasteiger partial charge on any atom is -0.395 e. The van der Waals surface area contributed by atoms with Gasteiger partial charge in [-0.15, -0.1) is 0 Å². The van der Waals surface area contributed by atoms with E-state index in [1.807, 2.05) is 0 Å². The fourth-order valence-electron chi connectivity index (χ4n) is 2.09. The first-order valence-corrected chi connectivity index (χ1v) is 7.86. The Kier molecular flexibility index (Phi) is 6.72. The van der Waals surface area contributed by atoms with E-state index in [0.717, 1.165) is 24.3 Å². The van der Waals surface area contributed by atoms with Crippen LogP contribution >= 0.6 is 0 Å². The molecule has 10 heteroatoms. The van der Waals surface area contributed by atoms with E-state index >= 15 is 0 Å². The number of halogens is 3. The van der Waals surface area contributed by atoms with Gasteiger partial charge in [0.25, 0.3) is 5.91 Å². The topological polar surface area (TPSA) is 103 Å². The number of pyridine rings is 1. The summed E-state index contributed by atoms with van der Waals surface area (Å²) in [6.45, 7) is -0.266. The van der Waals surface area contributed by atoms with Gasteiger partial charge in [0.05, 0.1) is 24.3 Å². The second kappa shape index (κ2) is 8.99. The average molecular weight is 382 g/mol. The van der Waals surface area contributed by atoms with Crippen molar-refractivity contribution in [2.45, 2.75) is 6.18 Å². The molecule has 0 aliphatic heterocycles. The second-order valence-corrected chi connectivity index (χ2v) is 5.36. The Morgan fingerprint density at radius 1 is 1.11 bits per heavy atom. The molecule has 0 spiro atoms. The Balaban J connectivity index is 2.05. The summed E-state index contributed by atoms with van der Waals surface area (Å²) < 4.78 is 37.7. The molecule has 1 aromatic heterocycles. The van der Waals surface area contributed by atoms with Crippen molar-refractivity contribution in [3.8, 4) is 0 Å². The summed E-state index contributed by atoms with van der Waals surface area (Å²) in [4.78, 5) is 27.9. The highest BCUT2D eigenvalue weighted by molar-refractivity contribution is 6.07.